The lowest BCUT2D eigenvalue weighted by Crippen LogP contribution is -2.54. The van der Waals surface area contributed by atoms with Crippen LogP contribution in [0.5, 0.6) is 11.5 Å². The number of nitrogens with zero attached hydrogens (tertiary/aromatic N) is 1. The van der Waals surface area contributed by atoms with Gasteiger partial charge in [-0.1, -0.05) is 42.6 Å². The molecular weight excluding hydrogens is 374 g/mol. The van der Waals surface area contributed by atoms with Crippen LogP contribution in [-0.4, -0.2) is 34.4 Å². The van der Waals surface area contributed by atoms with Gasteiger partial charge in [0.15, 0.2) is 11.5 Å². The van der Waals surface area contributed by atoms with Gasteiger partial charge in [0.2, 0.25) is 0 Å². The number of methoxy groups -OCH3 is 1. The molecule has 1 aliphatic carbocycles. The number of phenolic OH excluding ortho intramolecular Hbond substituents is 1. The fraction of sp³-hybridized carbons (Fsp3) is 0.478. The van der Waals surface area contributed by atoms with E-state index in [2.05, 4.69) is 17.0 Å². The smallest absolute Gasteiger partial charge is 0.160 e. The third-order valence-corrected chi connectivity index (χ3v) is 6.77. The lowest BCUT2D eigenvalue weighted by atomic mass is 9.66. The third-order valence-electron chi connectivity index (χ3n) is 6.52. The van der Waals surface area contributed by atoms with Crippen LogP contribution in [0.2, 0.25) is 5.02 Å². The van der Waals surface area contributed by atoms with E-state index in [1.807, 2.05) is 24.3 Å². The van der Waals surface area contributed by atoms with Gasteiger partial charge in [-0.2, -0.15) is 0 Å². The summed E-state index contributed by atoms with van der Waals surface area (Å²) in [6.45, 7) is 1.64. The highest BCUT2D eigenvalue weighted by molar-refractivity contribution is 6.30. The van der Waals surface area contributed by atoms with Crippen molar-refractivity contribution in [2.24, 2.45) is 5.92 Å². The van der Waals surface area contributed by atoms with Crippen molar-refractivity contribution in [3.05, 3.63) is 58.6 Å². The highest BCUT2D eigenvalue weighted by atomic mass is 35.5. The Morgan fingerprint density at radius 1 is 1.14 bits per heavy atom. The normalized spacial score (nSPS) is 28.0. The van der Waals surface area contributed by atoms with Crippen molar-refractivity contribution < 1.29 is 14.9 Å². The highest BCUT2D eigenvalue weighted by Crippen LogP contribution is 2.50. The maximum absolute atomic E-state index is 11.4. The lowest BCUT2D eigenvalue weighted by molar-refractivity contribution is -0.126. The molecule has 2 fully saturated rings. The molecular formula is C23H28ClNO3. The van der Waals surface area contributed by atoms with E-state index in [1.165, 1.54) is 5.56 Å². The number of phenols is 1. The zero-order chi connectivity index (χ0) is 19.7. The molecule has 4 nitrogen and oxygen atoms in total. The lowest BCUT2D eigenvalue weighted by Gasteiger charge is -2.53. The molecule has 2 aromatic carbocycles. The van der Waals surface area contributed by atoms with E-state index in [0.29, 0.717) is 5.75 Å². The molecule has 1 saturated carbocycles. The van der Waals surface area contributed by atoms with E-state index in [1.54, 1.807) is 13.2 Å². The summed E-state index contributed by atoms with van der Waals surface area (Å²) >= 11 is 6.05. The van der Waals surface area contributed by atoms with Gasteiger partial charge in [-0.3, -0.25) is 4.90 Å². The Bertz CT molecular complexity index is 825. The topological polar surface area (TPSA) is 52.9 Å². The van der Waals surface area contributed by atoms with Crippen molar-refractivity contribution in [3.8, 4) is 11.5 Å². The fourth-order valence-electron chi connectivity index (χ4n) is 5.07. The van der Waals surface area contributed by atoms with Gasteiger partial charge >= 0.3 is 0 Å². The Labute approximate surface area is 171 Å². The average Bonchev–Trinajstić information content (AvgIpc) is 2.70. The fourth-order valence-corrected chi connectivity index (χ4v) is 5.19. The third kappa shape index (κ3) is 3.73. The van der Waals surface area contributed by atoms with Crippen LogP contribution in [-0.2, 0) is 6.54 Å². The Hall–Kier alpha value is -1.75. The second-order valence-electron chi connectivity index (χ2n) is 8.18. The number of fused-ring (bicyclic) bond motifs is 1. The highest BCUT2D eigenvalue weighted by Gasteiger charge is 2.48. The molecule has 0 bridgehead atoms. The number of piperidine rings is 1. The summed E-state index contributed by atoms with van der Waals surface area (Å²) in [4.78, 5) is 2.46. The summed E-state index contributed by atoms with van der Waals surface area (Å²) in [5, 5.41) is 22.2. The number of aromatic hydroxyl groups is 1. The number of hydrogen-bond donors (Lipinski definition) is 2. The monoisotopic (exact) mass is 401 g/mol. The van der Waals surface area contributed by atoms with Gasteiger partial charge in [0.05, 0.1) is 12.7 Å². The van der Waals surface area contributed by atoms with Gasteiger partial charge in [0, 0.05) is 30.1 Å². The zero-order valence-corrected chi connectivity index (χ0v) is 17.0. The number of benzene rings is 2. The van der Waals surface area contributed by atoms with Crippen molar-refractivity contribution in [2.75, 3.05) is 13.7 Å². The number of hydrogen-bond acceptors (Lipinski definition) is 4. The van der Waals surface area contributed by atoms with E-state index in [0.717, 1.165) is 55.8 Å². The number of rotatable bonds is 4. The van der Waals surface area contributed by atoms with E-state index in [4.69, 9.17) is 16.3 Å². The predicted molar refractivity (Wildman–Crippen MR) is 111 cm³/mol. The Morgan fingerprint density at radius 3 is 2.68 bits per heavy atom. The van der Waals surface area contributed by atoms with Crippen molar-refractivity contribution in [2.45, 2.75) is 50.3 Å². The molecule has 1 heterocycles. The first-order valence-corrected chi connectivity index (χ1v) is 10.5. The molecule has 0 amide bonds. The second kappa shape index (κ2) is 7.94. The molecule has 0 spiro atoms. The van der Waals surface area contributed by atoms with Crippen molar-refractivity contribution in [3.63, 3.8) is 0 Å². The molecule has 2 N–H and O–H groups in total. The molecule has 150 valence electrons. The van der Waals surface area contributed by atoms with Gasteiger partial charge in [0.1, 0.15) is 0 Å². The maximum atomic E-state index is 11.4. The predicted octanol–water partition coefficient (Wildman–Crippen LogP) is 4.92. The quantitative estimate of drug-likeness (QED) is 0.763. The van der Waals surface area contributed by atoms with Gasteiger partial charge in [0.25, 0.3) is 0 Å². The molecule has 1 saturated heterocycles. The van der Waals surface area contributed by atoms with Crippen molar-refractivity contribution in [1.82, 2.24) is 4.90 Å². The largest absolute Gasteiger partial charge is 0.504 e. The van der Waals surface area contributed by atoms with Gasteiger partial charge in [-0.05, 0) is 54.7 Å². The molecule has 5 heteroatoms. The second-order valence-corrected chi connectivity index (χ2v) is 8.62. The SMILES string of the molecule is COc1cc(C2C3CCCCC3(O)CCN2Cc2ccc(Cl)cc2)ccc1O. The number of aliphatic hydroxyl groups is 1. The number of likely N-dealkylation sites (tertiary alicyclic amines) is 1. The van der Waals surface area contributed by atoms with Crippen LogP contribution in [0, 0.1) is 5.92 Å². The molecule has 2 aromatic rings. The van der Waals surface area contributed by atoms with Crippen LogP contribution < -0.4 is 4.74 Å². The Balaban J connectivity index is 1.70. The zero-order valence-electron chi connectivity index (χ0n) is 16.3. The van der Waals surface area contributed by atoms with Crippen LogP contribution in [0.25, 0.3) is 0 Å². The van der Waals surface area contributed by atoms with Crippen LogP contribution in [0.4, 0.5) is 0 Å². The van der Waals surface area contributed by atoms with E-state index >= 15 is 0 Å². The van der Waals surface area contributed by atoms with E-state index < -0.39 is 5.60 Å². The standard InChI is InChI=1S/C23H28ClNO3/c1-28-21-14-17(7-10-20(21)26)22-19-4-2-3-11-23(19,27)12-13-25(22)15-16-5-8-18(24)9-6-16/h5-10,14,19,22,26-27H,2-4,11-13,15H2,1H3. The average molecular weight is 402 g/mol. The molecule has 1 aliphatic heterocycles. The molecule has 0 aromatic heterocycles. The summed E-state index contributed by atoms with van der Waals surface area (Å²) in [7, 11) is 1.57. The van der Waals surface area contributed by atoms with Gasteiger partial charge < -0.3 is 14.9 Å². The molecule has 3 unspecified atom stereocenters. The number of ether oxygens (including phenoxy) is 1. The number of halogens is 1. The van der Waals surface area contributed by atoms with Crippen molar-refractivity contribution in [1.29, 1.82) is 0 Å². The summed E-state index contributed by atoms with van der Waals surface area (Å²) in [6, 6.07) is 13.7. The molecule has 0 radical (unpaired) electrons. The molecule has 4 rings (SSSR count). The summed E-state index contributed by atoms with van der Waals surface area (Å²) in [6.07, 6.45) is 4.93. The summed E-state index contributed by atoms with van der Waals surface area (Å²) < 4.78 is 5.36. The minimum Gasteiger partial charge on any atom is -0.504 e. The Morgan fingerprint density at radius 2 is 1.93 bits per heavy atom. The first kappa shape index (κ1) is 19.6. The van der Waals surface area contributed by atoms with Gasteiger partial charge in [-0.15, -0.1) is 0 Å². The minimum absolute atomic E-state index is 0.0872. The van der Waals surface area contributed by atoms with Crippen LogP contribution >= 0.6 is 11.6 Å². The van der Waals surface area contributed by atoms with E-state index in [-0.39, 0.29) is 17.7 Å². The van der Waals surface area contributed by atoms with Crippen LogP contribution in [0.15, 0.2) is 42.5 Å². The maximum Gasteiger partial charge on any atom is 0.160 e. The minimum atomic E-state index is -0.607. The van der Waals surface area contributed by atoms with Crippen LogP contribution in [0.1, 0.15) is 49.3 Å². The summed E-state index contributed by atoms with van der Waals surface area (Å²) in [5.41, 5.74) is 1.69. The first-order chi connectivity index (χ1) is 13.5. The van der Waals surface area contributed by atoms with Crippen molar-refractivity contribution >= 4 is 11.6 Å². The molecule has 28 heavy (non-hydrogen) atoms. The molecule has 3 atom stereocenters. The molecule has 2 aliphatic rings. The van der Waals surface area contributed by atoms with Gasteiger partial charge in [-0.25, -0.2) is 0 Å². The first-order valence-electron chi connectivity index (χ1n) is 10.1. The Kier molecular flexibility index (Phi) is 5.55. The van der Waals surface area contributed by atoms with Crippen LogP contribution in [0.3, 0.4) is 0 Å². The van der Waals surface area contributed by atoms with E-state index in [9.17, 15) is 10.2 Å². The summed E-state index contributed by atoms with van der Waals surface area (Å²) in [5.74, 6) is 0.802.